The van der Waals surface area contributed by atoms with Gasteiger partial charge in [-0.3, -0.25) is 9.89 Å². The predicted octanol–water partition coefficient (Wildman–Crippen LogP) is 2.10. The van der Waals surface area contributed by atoms with Crippen molar-refractivity contribution in [2.45, 2.75) is 33.6 Å². The molecule has 2 heterocycles. The number of aryl methyl sites for hydroxylation is 1. The second-order valence-corrected chi connectivity index (χ2v) is 7.68. The first-order valence-electron chi connectivity index (χ1n) is 8.74. The summed E-state index contributed by atoms with van der Waals surface area (Å²) in [5, 5.41) is 4.71. The molecule has 0 saturated carbocycles. The van der Waals surface area contributed by atoms with Crippen molar-refractivity contribution >= 4 is 17.3 Å². The van der Waals surface area contributed by atoms with E-state index in [4.69, 9.17) is 0 Å². The van der Waals surface area contributed by atoms with Gasteiger partial charge in [0, 0.05) is 63.8 Å². The lowest BCUT2D eigenvalue weighted by molar-refractivity contribution is 0.164. The van der Waals surface area contributed by atoms with E-state index in [1.165, 1.54) is 16.4 Å². The molecule has 0 bridgehead atoms. The van der Waals surface area contributed by atoms with Crippen LogP contribution in [0.2, 0.25) is 0 Å². The zero-order valence-corrected chi connectivity index (χ0v) is 15.8. The third-order valence-electron chi connectivity index (χ3n) is 4.08. The highest BCUT2D eigenvalue weighted by Crippen LogP contribution is 2.13. The van der Waals surface area contributed by atoms with Crippen LogP contribution in [-0.4, -0.2) is 67.1 Å². The molecule has 0 unspecified atom stereocenters. The fourth-order valence-corrected chi connectivity index (χ4v) is 3.76. The molecule has 1 fully saturated rings. The standard InChI is InChI=1S/C17H31N5S/c1-5-15-12-20-16(23-15)6-7-19-17(18-4)22-10-8-21(9-11-22)13-14(2)3/h12,14H,5-11,13H2,1-4H3,(H,18,19). The maximum atomic E-state index is 4.48. The average Bonchev–Trinajstić information content (AvgIpc) is 3.00. The number of hydrogen-bond acceptors (Lipinski definition) is 4. The van der Waals surface area contributed by atoms with E-state index in [1.807, 2.05) is 24.6 Å². The van der Waals surface area contributed by atoms with Gasteiger partial charge in [0.2, 0.25) is 0 Å². The number of rotatable bonds is 6. The Hall–Kier alpha value is -1.14. The van der Waals surface area contributed by atoms with Gasteiger partial charge < -0.3 is 10.2 Å². The molecule has 0 spiro atoms. The van der Waals surface area contributed by atoms with Crippen molar-refractivity contribution < 1.29 is 0 Å². The molecular formula is C17H31N5S. The largest absolute Gasteiger partial charge is 0.356 e. The summed E-state index contributed by atoms with van der Waals surface area (Å²) < 4.78 is 0. The van der Waals surface area contributed by atoms with Gasteiger partial charge in [-0.15, -0.1) is 11.3 Å². The Morgan fingerprint density at radius 3 is 2.65 bits per heavy atom. The van der Waals surface area contributed by atoms with Crippen LogP contribution in [0.5, 0.6) is 0 Å². The number of hydrogen-bond donors (Lipinski definition) is 1. The molecule has 0 radical (unpaired) electrons. The summed E-state index contributed by atoms with van der Waals surface area (Å²) in [4.78, 5) is 15.2. The van der Waals surface area contributed by atoms with Crippen LogP contribution in [0.4, 0.5) is 0 Å². The summed E-state index contributed by atoms with van der Waals surface area (Å²) in [5.41, 5.74) is 0. The molecule has 1 aliphatic rings. The molecule has 2 rings (SSSR count). The molecule has 5 nitrogen and oxygen atoms in total. The Morgan fingerprint density at radius 1 is 1.35 bits per heavy atom. The van der Waals surface area contributed by atoms with Gasteiger partial charge in [0.15, 0.2) is 5.96 Å². The normalized spacial score (nSPS) is 17.1. The highest BCUT2D eigenvalue weighted by atomic mass is 32.1. The molecular weight excluding hydrogens is 306 g/mol. The van der Waals surface area contributed by atoms with E-state index in [-0.39, 0.29) is 0 Å². The Labute approximate surface area is 144 Å². The Morgan fingerprint density at radius 2 is 2.09 bits per heavy atom. The van der Waals surface area contributed by atoms with E-state index in [9.17, 15) is 0 Å². The van der Waals surface area contributed by atoms with Crippen LogP contribution in [0.25, 0.3) is 0 Å². The molecule has 130 valence electrons. The predicted molar refractivity (Wildman–Crippen MR) is 99.4 cm³/mol. The molecule has 1 aromatic heterocycles. The summed E-state index contributed by atoms with van der Waals surface area (Å²) in [6.45, 7) is 13.2. The summed E-state index contributed by atoms with van der Waals surface area (Å²) in [6, 6.07) is 0. The number of thiazole rings is 1. The van der Waals surface area contributed by atoms with Gasteiger partial charge in [0.25, 0.3) is 0 Å². The molecule has 1 aromatic rings. The first-order chi connectivity index (χ1) is 11.1. The van der Waals surface area contributed by atoms with Crippen LogP contribution in [0.3, 0.4) is 0 Å². The molecule has 1 saturated heterocycles. The first kappa shape index (κ1) is 18.2. The van der Waals surface area contributed by atoms with E-state index >= 15 is 0 Å². The molecule has 1 N–H and O–H groups in total. The monoisotopic (exact) mass is 337 g/mol. The third kappa shape index (κ3) is 5.77. The third-order valence-corrected chi connectivity index (χ3v) is 5.28. The number of aliphatic imine (C=N–C) groups is 1. The minimum atomic E-state index is 0.741. The van der Waals surface area contributed by atoms with Crippen molar-refractivity contribution in [2.75, 3.05) is 46.3 Å². The Kier molecular flexibility index (Phi) is 7.30. The Balaban J connectivity index is 1.73. The van der Waals surface area contributed by atoms with E-state index in [1.54, 1.807) is 0 Å². The van der Waals surface area contributed by atoms with Crippen LogP contribution in [0, 0.1) is 5.92 Å². The lowest BCUT2D eigenvalue weighted by atomic mass is 10.2. The van der Waals surface area contributed by atoms with Gasteiger partial charge in [0.05, 0.1) is 5.01 Å². The van der Waals surface area contributed by atoms with E-state index in [0.29, 0.717) is 0 Å². The van der Waals surface area contributed by atoms with Crippen molar-refractivity contribution in [3.63, 3.8) is 0 Å². The van der Waals surface area contributed by atoms with Gasteiger partial charge in [0.1, 0.15) is 0 Å². The molecule has 0 aliphatic carbocycles. The second-order valence-electron chi connectivity index (χ2n) is 6.48. The fourth-order valence-electron chi connectivity index (χ4n) is 2.90. The quantitative estimate of drug-likeness (QED) is 0.638. The lowest BCUT2D eigenvalue weighted by Gasteiger charge is -2.37. The van der Waals surface area contributed by atoms with Crippen molar-refractivity contribution in [2.24, 2.45) is 10.9 Å². The van der Waals surface area contributed by atoms with Crippen LogP contribution >= 0.6 is 11.3 Å². The summed E-state index contributed by atoms with van der Waals surface area (Å²) in [7, 11) is 1.88. The fraction of sp³-hybridized carbons (Fsp3) is 0.765. The number of guanidine groups is 1. The summed E-state index contributed by atoms with van der Waals surface area (Å²) in [5.74, 6) is 1.77. The molecule has 0 aromatic carbocycles. The number of piperazine rings is 1. The van der Waals surface area contributed by atoms with Gasteiger partial charge in [-0.05, 0) is 12.3 Å². The molecule has 0 amide bonds. The molecule has 6 heteroatoms. The highest BCUT2D eigenvalue weighted by Gasteiger charge is 2.19. The number of nitrogens with one attached hydrogen (secondary N) is 1. The minimum Gasteiger partial charge on any atom is -0.356 e. The van der Waals surface area contributed by atoms with E-state index in [2.05, 4.69) is 45.9 Å². The van der Waals surface area contributed by atoms with Crippen molar-refractivity contribution in [3.05, 3.63) is 16.1 Å². The van der Waals surface area contributed by atoms with Crippen LogP contribution in [0.15, 0.2) is 11.2 Å². The van der Waals surface area contributed by atoms with Crippen LogP contribution < -0.4 is 5.32 Å². The Bertz CT molecular complexity index is 489. The van der Waals surface area contributed by atoms with Gasteiger partial charge in [-0.2, -0.15) is 0 Å². The molecule has 23 heavy (non-hydrogen) atoms. The smallest absolute Gasteiger partial charge is 0.193 e. The lowest BCUT2D eigenvalue weighted by Crippen LogP contribution is -2.53. The maximum absolute atomic E-state index is 4.48. The first-order valence-corrected chi connectivity index (χ1v) is 9.55. The summed E-state index contributed by atoms with van der Waals surface area (Å²) in [6.07, 6.45) is 4.05. The molecule has 0 atom stereocenters. The summed E-state index contributed by atoms with van der Waals surface area (Å²) >= 11 is 1.82. The number of nitrogens with zero attached hydrogens (tertiary/aromatic N) is 4. The van der Waals surface area contributed by atoms with Crippen molar-refractivity contribution in [1.82, 2.24) is 20.1 Å². The van der Waals surface area contributed by atoms with Crippen LogP contribution in [0.1, 0.15) is 30.7 Å². The highest BCUT2D eigenvalue weighted by molar-refractivity contribution is 7.11. The van der Waals surface area contributed by atoms with Gasteiger partial charge in [-0.25, -0.2) is 4.98 Å². The van der Waals surface area contributed by atoms with Crippen LogP contribution in [-0.2, 0) is 12.8 Å². The average molecular weight is 338 g/mol. The van der Waals surface area contributed by atoms with Crippen molar-refractivity contribution in [3.8, 4) is 0 Å². The SMILES string of the molecule is CCc1cnc(CCNC(=NC)N2CCN(CC(C)C)CC2)s1. The maximum Gasteiger partial charge on any atom is 0.193 e. The van der Waals surface area contributed by atoms with Gasteiger partial charge in [-0.1, -0.05) is 20.8 Å². The molecule has 1 aliphatic heterocycles. The number of aromatic nitrogens is 1. The zero-order valence-electron chi connectivity index (χ0n) is 15.0. The van der Waals surface area contributed by atoms with Crippen molar-refractivity contribution in [1.29, 1.82) is 0 Å². The van der Waals surface area contributed by atoms with E-state index in [0.717, 1.165) is 57.4 Å². The second kappa shape index (κ2) is 9.23. The van der Waals surface area contributed by atoms with E-state index < -0.39 is 0 Å². The van der Waals surface area contributed by atoms with Gasteiger partial charge >= 0.3 is 0 Å². The minimum absolute atomic E-state index is 0.741. The topological polar surface area (TPSA) is 43.8 Å². The zero-order chi connectivity index (χ0) is 16.7.